The van der Waals surface area contributed by atoms with Crippen molar-refractivity contribution in [3.05, 3.63) is 30.7 Å². The average Bonchev–Trinajstić information content (AvgIpc) is 2.32. The molecule has 0 spiro atoms. The van der Waals surface area contributed by atoms with Crippen LogP contribution in [0.5, 0.6) is 11.5 Å². The molecule has 1 radical (unpaired) electrons. The Balaban J connectivity index is 2.59. The van der Waals surface area contributed by atoms with E-state index in [0.717, 1.165) is 5.56 Å². The molecule has 0 saturated carbocycles. The molecule has 0 bridgehead atoms. The molecule has 0 unspecified atom stereocenters. The first-order chi connectivity index (χ1) is 8.27. The Labute approximate surface area is 102 Å². The van der Waals surface area contributed by atoms with E-state index in [1.165, 1.54) is 0 Å². The first-order valence-electron chi connectivity index (χ1n) is 5.47. The smallest absolute Gasteiger partial charge is 0.161 e. The first-order valence-corrected chi connectivity index (χ1v) is 5.47. The van der Waals surface area contributed by atoms with Crippen LogP contribution in [0.2, 0.25) is 0 Å². The summed E-state index contributed by atoms with van der Waals surface area (Å²) in [6, 6.07) is 5.57. The standard InChI is InChI=1S/C13H19O4/c1-11-4-5-12(16-8-6-14-2)13(10-11)17-9-7-15-3/h4-5,10H,1,6-9H2,2-3H3. The molecule has 1 rings (SSSR count). The molecule has 4 nitrogen and oxygen atoms in total. The van der Waals surface area contributed by atoms with E-state index in [1.54, 1.807) is 14.2 Å². The summed E-state index contributed by atoms with van der Waals surface area (Å²) in [4.78, 5) is 0. The lowest BCUT2D eigenvalue weighted by Gasteiger charge is -2.13. The Kier molecular flexibility index (Phi) is 6.43. The van der Waals surface area contributed by atoms with Gasteiger partial charge in [0.1, 0.15) is 13.2 Å². The highest BCUT2D eigenvalue weighted by Gasteiger charge is 2.05. The van der Waals surface area contributed by atoms with Crippen molar-refractivity contribution < 1.29 is 18.9 Å². The average molecular weight is 239 g/mol. The summed E-state index contributed by atoms with van der Waals surface area (Å²) in [7, 11) is 3.27. The van der Waals surface area contributed by atoms with Gasteiger partial charge in [0.05, 0.1) is 13.2 Å². The van der Waals surface area contributed by atoms with Crippen LogP contribution >= 0.6 is 0 Å². The Hall–Kier alpha value is -1.26. The van der Waals surface area contributed by atoms with E-state index in [2.05, 4.69) is 6.92 Å². The van der Waals surface area contributed by atoms with Gasteiger partial charge in [-0.1, -0.05) is 6.07 Å². The Morgan fingerprint density at radius 3 is 2.06 bits per heavy atom. The van der Waals surface area contributed by atoms with Crippen LogP contribution in [0.15, 0.2) is 18.2 Å². The van der Waals surface area contributed by atoms with Gasteiger partial charge < -0.3 is 18.9 Å². The second kappa shape index (κ2) is 7.92. The molecular formula is C13H19O4. The second-order valence-electron chi connectivity index (χ2n) is 3.46. The van der Waals surface area contributed by atoms with E-state index < -0.39 is 0 Å². The highest BCUT2D eigenvalue weighted by molar-refractivity contribution is 5.43. The summed E-state index contributed by atoms with van der Waals surface area (Å²) in [5.41, 5.74) is 0.886. The highest BCUT2D eigenvalue weighted by atomic mass is 16.5. The van der Waals surface area contributed by atoms with Gasteiger partial charge in [0, 0.05) is 14.2 Å². The molecule has 0 saturated heterocycles. The van der Waals surface area contributed by atoms with Gasteiger partial charge in [0.2, 0.25) is 0 Å². The Morgan fingerprint density at radius 2 is 1.47 bits per heavy atom. The van der Waals surface area contributed by atoms with Gasteiger partial charge in [-0.05, 0) is 24.6 Å². The molecule has 4 heteroatoms. The van der Waals surface area contributed by atoms with E-state index in [-0.39, 0.29) is 0 Å². The van der Waals surface area contributed by atoms with E-state index in [9.17, 15) is 0 Å². The van der Waals surface area contributed by atoms with Gasteiger partial charge in [-0.25, -0.2) is 0 Å². The van der Waals surface area contributed by atoms with Crippen molar-refractivity contribution in [2.45, 2.75) is 0 Å². The maximum absolute atomic E-state index is 5.56. The molecule has 0 amide bonds. The minimum atomic E-state index is 0.487. The molecule has 1 aromatic carbocycles. The molecule has 0 heterocycles. The van der Waals surface area contributed by atoms with Crippen LogP contribution in [0.3, 0.4) is 0 Å². The highest BCUT2D eigenvalue weighted by Crippen LogP contribution is 2.28. The van der Waals surface area contributed by atoms with E-state index >= 15 is 0 Å². The van der Waals surface area contributed by atoms with Crippen molar-refractivity contribution in [2.24, 2.45) is 0 Å². The molecule has 0 atom stereocenters. The van der Waals surface area contributed by atoms with Crippen molar-refractivity contribution >= 4 is 0 Å². The third kappa shape index (κ3) is 5.06. The summed E-state index contributed by atoms with van der Waals surface area (Å²) in [6.45, 7) is 5.92. The third-order valence-electron chi connectivity index (χ3n) is 2.10. The lowest BCUT2D eigenvalue weighted by atomic mass is 10.2. The second-order valence-corrected chi connectivity index (χ2v) is 3.46. The summed E-state index contributed by atoms with van der Waals surface area (Å²) >= 11 is 0. The molecular weight excluding hydrogens is 220 g/mol. The van der Waals surface area contributed by atoms with Gasteiger partial charge in [0.15, 0.2) is 11.5 Å². The zero-order chi connectivity index (χ0) is 12.5. The van der Waals surface area contributed by atoms with Crippen molar-refractivity contribution in [2.75, 3.05) is 40.6 Å². The van der Waals surface area contributed by atoms with Crippen LogP contribution in [0.25, 0.3) is 0 Å². The first kappa shape index (κ1) is 13.8. The molecule has 0 aliphatic rings. The van der Waals surface area contributed by atoms with E-state index in [0.29, 0.717) is 37.9 Å². The number of methoxy groups -OCH3 is 2. The van der Waals surface area contributed by atoms with E-state index in [1.807, 2.05) is 18.2 Å². The van der Waals surface area contributed by atoms with Gasteiger partial charge in [0.25, 0.3) is 0 Å². The number of benzene rings is 1. The van der Waals surface area contributed by atoms with Crippen LogP contribution in [0.1, 0.15) is 5.56 Å². The fourth-order valence-corrected chi connectivity index (χ4v) is 1.25. The summed E-state index contributed by atoms with van der Waals surface area (Å²) in [6.07, 6.45) is 0. The monoisotopic (exact) mass is 239 g/mol. The van der Waals surface area contributed by atoms with Crippen LogP contribution < -0.4 is 9.47 Å². The maximum Gasteiger partial charge on any atom is 0.161 e. The van der Waals surface area contributed by atoms with Crippen molar-refractivity contribution in [3.8, 4) is 11.5 Å². The SMILES string of the molecule is [CH2]c1ccc(OCCOC)c(OCCOC)c1. The van der Waals surface area contributed by atoms with Gasteiger partial charge in [-0.15, -0.1) is 0 Å². The predicted molar refractivity (Wildman–Crippen MR) is 65.6 cm³/mol. The molecule has 0 aromatic heterocycles. The van der Waals surface area contributed by atoms with Crippen LogP contribution in [0, 0.1) is 6.92 Å². The van der Waals surface area contributed by atoms with E-state index in [4.69, 9.17) is 18.9 Å². The van der Waals surface area contributed by atoms with Crippen molar-refractivity contribution in [1.82, 2.24) is 0 Å². The normalized spacial score (nSPS) is 10.3. The minimum Gasteiger partial charge on any atom is -0.487 e. The fourth-order valence-electron chi connectivity index (χ4n) is 1.25. The van der Waals surface area contributed by atoms with Gasteiger partial charge in [-0.3, -0.25) is 0 Å². The number of hydrogen-bond acceptors (Lipinski definition) is 4. The lowest BCUT2D eigenvalue weighted by molar-refractivity contribution is 0.132. The van der Waals surface area contributed by atoms with Crippen LogP contribution in [-0.4, -0.2) is 40.6 Å². The van der Waals surface area contributed by atoms with Crippen molar-refractivity contribution in [3.63, 3.8) is 0 Å². The molecule has 95 valence electrons. The number of ether oxygens (including phenoxy) is 4. The molecule has 0 N–H and O–H groups in total. The summed E-state index contributed by atoms with van der Waals surface area (Å²) in [5, 5.41) is 0. The quantitative estimate of drug-likeness (QED) is 0.649. The predicted octanol–water partition coefficient (Wildman–Crippen LogP) is 1.92. The lowest BCUT2D eigenvalue weighted by Crippen LogP contribution is -2.08. The maximum atomic E-state index is 5.56. The van der Waals surface area contributed by atoms with Crippen LogP contribution in [0.4, 0.5) is 0 Å². The molecule has 0 aliphatic heterocycles. The summed E-state index contributed by atoms with van der Waals surface area (Å²) in [5.74, 6) is 1.39. The van der Waals surface area contributed by atoms with Crippen molar-refractivity contribution in [1.29, 1.82) is 0 Å². The number of rotatable bonds is 8. The Morgan fingerprint density at radius 1 is 0.882 bits per heavy atom. The molecule has 0 fully saturated rings. The third-order valence-corrected chi connectivity index (χ3v) is 2.10. The molecule has 0 aliphatic carbocycles. The largest absolute Gasteiger partial charge is 0.487 e. The molecule has 17 heavy (non-hydrogen) atoms. The Bertz CT molecular complexity index is 325. The molecule has 1 aromatic rings. The fraction of sp³-hybridized carbons (Fsp3) is 0.462. The minimum absolute atomic E-state index is 0.487. The van der Waals surface area contributed by atoms with Gasteiger partial charge >= 0.3 is 0 Å². The topological polar surface area (TPSA) is 36.9 Å². The zero-order valence-electron chi connectivity index (χ0n) is 10.4. The summed E-state index contributed by atoms with van der Waals surface area (Å²) < 4.78 is 21.0. The van der Waals surface area contributed by atoms with Crippen LogP contribution in [-0.2, 0) is 9.47 Å². The van der Waals surface area contributed by atoms with Gasteiger partial charge in [-0.2, -0.15) is 0 Å². The number of hydrogen-bond donors (Lipinski definition) is 0. The zero-order valence-corrected chi connectivity index (χ0v) is 10.4.